The Morgan fingerprint density at radius 3 is 2.65 bits per heavy atom. The molecule has 0 radical (unpaired) electrons. The Labute approximate surface area is 131 Å². The van der Waals surface area contributed by atoms with Gasteiger partial charge in [0.05, 0.1) is 18.4 Å². The van der Waals surface area contributed by atoms with E-state index in [4.69, 9.17) is 16.3 Å². The van der Waals surface area contributed by atoms with Crippen LogP contribution in [0.5, 0.6) is 5.75 Å². The summed E-state index contributed by atoms with van der Waals surface area (Å²) < 4.78 is 6.01. The van der Waals surface area contributed by atoms with E-state index in [2.05, 4.69) is 21.2 Å². The number of ether oxygens (including phenoxy) is 1. The quantitative estimate of drug-likeness (QED) is 0.869. The molecule has 0 aliphatic heterocycles. The molecule has 0 aliphatic carbocycles. The van der Waals surface area contributed by atoms with E-state index in [-0.39, 0.29) is 5.91 Å². The van der Waals surface area contributed by atoms with Gasteiger partial charge in [-0.15, -0.1) is 0 Å². The highest BCUT2D eigenvalue weighted by molar-refractivity contribution is 9.10. The molecular weight excluding hydrogens is 342 g/mol. The van der Waals surface area contributed by atoms with Crippen molar-refractivity contribution in [3.05, 3.63) is 57.0 Å². The zero-order valence-electron chi connectivity index (χ0n) is 11.0. The summed E-state index contributed by atoms with van der Waals surface area (Å²) in [7, 11) is 1.50. The van der Waals surface area contributed by atoms with E-state index >= 15 is 0 Å². The second kappa shape index (κ2) is 6.29. The molecule has 1 amide bonds. The van der Waals surface area contributed by atoms with Gasteiger partial charge in [0.1, 0.15) is 5.75 Å². The summed E-state index contributed by atoms with van der Waals surface area (Å²) in [5.41, 5.74) is 2.25. The Hall–Kier alpha value is -1.52. The number of hydrogen-bond donors (Lipinski definition) is 1. The number of anilines is 1. The third kappa shape index (κ3) is 3.32. The molecule has 2 rings (SSSR count). The minimum Gasteiger partial charge on any atom is -0.496 e. The maximum Gasteiger partial charge on any atom is 0.259 e. The number of aryl methyl sites for hydroxylation is 1. The van der Waals surface area contributed by atoms with Crippen molar-refractivity contribution in [2.24, 2.45) is 0 Å². The monoisotopic (exact) mass is 353 g/mol. The lowest BCUT2D eigenvalue weighted by Crippen LogP contribution is -2.13. The number of carbonyl (C=O) groups is 1. The summed E-state index contributed by atoms with van der Waals surface area (Å²) in [6.45, 7) is 1.98. The van der Waals surface area contributed by atoms with Gasteiger partial charge in [0.25, 0.3) is 5.91 Å². The minimum atomic E-state index is -0.247. The maximum atomic E-state index is 12.3. The number of hydrogen-bond acceptors (Lipinski definition) is 2. The highest BCUT2D eigenvalue weighted by Gasteiger charge is 2.14. The molecule has 1 N–H and O–H groups in total. The van der Waals surface area contributed by atoms with Crippen molar-refractivity contribution in [1.29, 1.82) is 0 Å². The first-order chi connectivity index (χ1) is 9.51. The first kappa shape index (κ1) is 14.9. The van der Waals surface area contributed by atoms with Crippen LogP contribution < -0.4 is 10.1 Å². The number of methoxy groups -OCH3 is 1. The van der Waals surface area contributed by atoms with Crippen molar-refractivity contribution >= 4 is 39.1 Å². The number of rotatable bonds is 3. The molecule has 2 aromatic carbocycles. The Kier molecular flexibility index (Phi) is 4.68. The molecule has 0 heterocycles. The van der Waals surface area contributed by atoms with Gasteiger partial charge >= 0.3 is 0 Å². The van der Waals surface area contributed by atoms with Gasteiger partial charge in [-0.3, -0.25) is 4.79 Å². The van der Waals surface area contributed by atoms with Gasteiger partial charge < -0.3 is 10.1 Å². The molecule has 2 aromatic rings. The number of nitrogens with one attached hydrogen (secondary N) is 1. The normalized spacial score (nSPS) is 10.2. The van der Waals surface area contributed by atoms with E-state index in [9.17, 15) is 4.79 Å². The van der Waals surface area contributed by atoms with Crippen molar-refractivity contribution in [2.75, 3.05) is 12.4 Å². The van der Waals surface area contributed by atoms with Crippen molar-refractivity contribution in [2.45, 2.75) is 6.92 Å². The molecule has 0 saturated carbocycles. The zero-order valence-corrected chi connectivity index (χ0v) is 13.4. The molecule has 0 fully saturated rings. The van der Waals surface area contributed by atoms with Crippen LogP contribution in [0, 0.1) is 6.92 Å². The molecule has 0 spiro atoms. The molecule has 0 aliphatic rings. The van der Waals surface area contributed by atoms with E-state index in [0.29, 0.717) is 22.0 Å². The second-order valence-corrected chi connectivity index (χ2v) is 5.57. The van der Waals surface area contributed by atoms with E-state index in [1.807, 2.05) is 25.1 Å². The molecular formula is C15H13BrClNO2. The topological polar surface area (TPSA) is 38.3 Å². The lowest BCUT2D eigenvalue weighted by molar-refractivity contribution is 0.102. The average molecular weight is 355 g/mol. The Morgan fingerprint density at radius 1 is 1.25 bits per heavy atom. The maximum absolute atomic E-state index is 12.3. The number of amides is 1. The number of halogens is 2. The first-order valence-corrected chi connectivity index (χ1v) is 7.09. The molecule has 0 unspecified atom stereocenters. The van der Waals surface area contributed by atoms with Crippen LogP contribution in [0.3, 0.4) is 0 Å². The van der Waals surface area contributed by atoms with Crippen LogP contribution in [0.1, 0.15) is 15.9 Å². The third-order valence-corrected chi connectivity index (χ3v) is 3.67. The summed E-state index contributed by atoms with van der Waals surface area (Å²) in [5, 5.41) is 3.36. The molecule has 0 aromatic heterocycles. The van der Waals surface area contributed by atoms with Crippen LogP contribution >= 0.6 is 27.5 Å². The van der Waals surface area contributed by atoms with Gasteiger partial charge in [-0.25, -0.2) is 0 Å². The molecule has 3 nitrogen and oxygen atoms in total. The van der Waals surface area contributed by atoms with Crippen molar-refractivity contribution in [3.63, 3.8) is 0 Å². The molecule has 20 heavy (non-hydrogen) atoms. The largest absolute Gasteiger partial charge is 0.496 e. The van der Waals surface area contributed by atoms with Gasteiger partial charge in [0, 0.05) is 9.50 Å². The fraction of sp³-hybridized carbons (Fsp3) is 0.133. The molecule has 0 saturated heterocycles. The van der Waals surface area contributed by atoms with E-state index < -0.39 is 0 Å². The lowest BCUT2D eigenvalue weighted by Gasteiger charge is -2.11. The molecule has 0 atom stereocenters. The molecule has 104 valence electrons. The first-order valence-electron chi connectivity index (χ1n) is 5.92. The summed E-state index contributed by atoms with van der Waals surface area (Å²) in [4.78, 5) is 12.3. The fourth-order valence-electron chi connectivity index (χ4n) is 1.76. The van der Waals surface area contributed by atoms with Crippen molar-refractivity contribution in [1.82, 2.24) is 0 Å². The summed E-state index contributed by atoms with van der Waals surface area (Å²) in [5.74, 6) is 0.196. The number of carbonyl (C=O) groups excluding carboxylic acids is 1. The summed E-state index contributed by atoms with van der Waals surface area (Å²) in [6, 6.07) is 10.6. The fourth-order valence-corrected chi connectivity index (χ4v) is 2.52. The Balaban J connectivity index is 2.28. The predicted octanol–water partition coefficient (Wildman–Crippen LogP) is 4.67. The van der Waals surface area contributed by atoms with Gasteiger partial charge in [0.15, 0.2) is 0 Å². The number of benzene rings is 2. The molecule has 5 heteroatoms. The van der Waals surface area contributed by atoms with Crippen molar-refractivity contribution < 1.29 is 9.53 Å². The summed E-state index contributed by atoms with van der Waals surface area (Å²) >= 11 is 9.31. The highest BCUT2D eigenvalue weighted by atomic mass is 79.9. The van der Waals surface area contributed by atoms with Crippen LogP contribution in [-0.4, -0.2) is 13.0 Å². The predicted molar refractivity (Wildman–Crippen MR) is 84.8 cm³/mol. The minimum absolute atomic E-state index is 0.247. The smallest absolute Gasteiger partial charge is 0.259 e. The van der Waals surface area contributed by atoms with Crippen LogP contribution in [-0.2, 0) is 0 Å². The third-order valence-electron chi connectivity index (χ3n) is 2.78. The van der Waals surface area contributed by atoms with E-state index in [1.54, 1.807) is 18.2 Å². The Bertz CT molecular complexity index is 658. The highest BCUT2D eigenvalue weighted by Crippen LogP contribution is 2.27. The van der Waals surface area contributed by atoms with Crippen LogP contribution in [0.2, 0.25) is 5.02 Å². The van der Waals surface area contributed by atoms with Crippen molar-refractivity contribution in [3.8, 4) is 5.75 Å². The zero-order chi connectivity index (χ0) is 14.7. The Morgan fingerprint density at radius 2 is 2.00 bits per heavy atom. The van der Waals surface area contributed by atoms with Crippen LogP contribution in [0.15, 0.2) is 40.9 Å². The average Bonchev–Trinajstić information content (AvgIpc) is 2.41. The van der Waals surface area contributed by atoms with Gasteiger partial charge in [-0.05, 0) is 58.7 Å². The molecule has 0 bridgehead atoms. The van der Waals surface area contributed by atoms with E-state index in [1.165, 1.54) is 7.11 Å². The van der Waals surface area contributed by atoms with Crippen LogP contribution in [0.4, 0.5) is 5.69 Å². The van der Waals surface area contributed by atoms with E-state index in [0.717, 1.165) is 10.0 Å². The summed E-state index contributed by atoms with van der Waals surface area (Å²) in [6.07, 6.45) is 0. The van der Waals surface area contributed by atoms with Crippen LogP contribution in [0.25, 0.3) is 0 Å². The van der Waals surface area contributed by atoms with Gasteiger partial charge in [0.2, 0.25) is 0 Å². The van der Waals surface area contributed by atoms with Gasteiger partial charge in [-0.1, -0.05) is 17.7 Å². The standard InChI is InChI=1S/C15H13BrClNO2/c1-9-3-6-13(12(16)7-9)18-15(19)11-5-4-10(17)8-14(11)20-2/h3-8H,1-2H3,(H,18,19). The second-order valence-electron chi connectivity index (χ2n) is 4.28. The van der Waals surface area contributed by atoms with Gasteiger partial charge in [-0.2, -0.15) is 0 Å². The SMILES string of the molecule is COc1cc(Cl)ccc1C(=O)Nc1ccc(C)cc1Br. The lowest BCUT2D eigenvalue weighted by atomic mass is 10.1.